The van der Waals surface area contributed by atoms with Gasteiger partial charge in [-0.25, -0.2) is 4.98 Å². The fourth-order valence-corrected chi connectivity index (χ4v) is 1.78. The Bertz CT molecular complexity index is 511. The van der Waals surface area contributed by atoms with E-state index in [1.165, 1.54) is 0 Å². The van der Waals surface area contributed by atoms with Crippen LogP contribution in [0.2, 0.25) is 0 Å². The van der Waals surface area contributed by atoms with E-state index in [4.69, 9.17) is 12.2 Å². The van der Waals surface area contributed by atoms with Gasteiger partial charge in [0.2, 0.25) is 0 Å². The van der Waals surface area contributed by atoms with Crippen LogP contribution in [0.25, 0.3) is 11.2 Å². The molecule has 0 aliphatic carbocycles. The minimum Gasteiger partial charge on any atom is -0.329 e. The Morgan fingerprint density at radius 2 is 2.33 bits per heavy atom. The summed E-state index contributed by atoms with van der Waals surface area (Å²) in [6, 6.07) is 3.90. The van der Waals surface area contributed by atoms with Crippen molar-refractivity contribution in [3.05, 3.63) is 23.1 Å². The third kappa shape index (κ3) is 2.08. The van der Waals surface area contributed by atoms with E-state index in [-0.39, 0.29) is 0 Å². The first kappa shape index (κ1) is 10.3. The maximum atomic E-state index is 5.25. The highest BCUT2D eigenvalue weighted by Crippen LogP contribution is 2.10. The van der Waals surface area contributed by atoms with Crippen LogP contribution in [0.15, 0.2) is 18.3 Å². The highest BCUT2D eigenvalue weighted by Gasteiger charge is 2.04. The van der Waals surface area contributed by atoms with Crippen LogP contribution >= 0.6 is 12.2 Å². The van der Waals surface area contributed by atoms with Gasteiger partial charge in [-0.15, -0.1) is 0 Å². The standard InChI is InChI=1S/C10H14N4S/c1-13(2)6-7-14-9-8(12-10(14)15)4-3-5-11-9/h3-5H,6-7H2,1-2H3,(H,12,15). The van der Waals surface area contributed by atoms with Gasteiger partial charge in [0, 0.05) is 19.3 Å². The molecule has 1 N–H and O–H groups in total. The first-order valence-electron chi connectivity index (χ1n) is 4.87. The summed E-state index contributed by atoms with van der Waals surface area (Å²) < 4.78 is 2.77. The molecule has 0 aromatic carbocycles. The lowest BCUT2D eigenvalue weighted by molar-refractivity contribution is 0.385. The molecule has 15 heavy (non-hydrogen) atoms. The maximum Gasteiger partial charge on any atom is 0.179 e. The number of likely N-dealkylation sites (N-methyl/N-ethyl adjacent to an activating group) is 1. The van der Waals surface area contributed by atoms with Crippen LogP contribution in [-0.2, 0) is 6.54 Å². The van der Waals surface area contributed by atoms with Crippen molar-refractivity contribution >= 4 is 23.4 Å². The fraction of sp³-hybridized carbons (Fsp3) is 0.400. The normalized spacial score (nSPS) is 11.4. The zero-order chi connectivity index (χ0) is 10.8. The highest BCUT2D eigenvalue weighted by molar-refractivity contribution is 7.71. The molecule has 0 saturated heterocycles. The van der Waals surface area contributed by atoms with Gasteiger partial charge in [-0.05, 0) is 38.4 Å². The topological polar surface area (TPSA) is 36.9 Å². The maximum absolute atomic E-state index is 5.25. The fourth-order valence-electron chi connectivity index (χ4n) is 1.50. The molecule has 0 radical (unpaired) electrons. The minimum atomic E-state index is 0.741. The Labute approximate surface area is 93.5 Å². The molecular formula is C10H14N4S. The number of aromatic nitrogens is 3. The summed E-state index contributed by atoms with van der Waals surface area (Å²) in [4.78, 5) is 9.60. The van der Waals surface area contributed by atoms with E-state index < -0.39 is 0 Å². The molecular weight excluding hydrogens is 208 g/mol. The predicted octanol–water partition coefficient (Wildman–Crippen LogP) is 1.66. The second-order valence-electron chi connectivity index (χ2n) is 3.76. The summed E-state index contributed by atoms with van der Waals surface area (Å²) in [6.07, 6.45) is 1.79. The van der Waals surface area contributed by atoms with Gasteiger partial charge < -0.3 is 14.5 Å². The van der Waals surface area contributed by atoms with E-state index >= 15 is 0 Å². The van der Waals surface area contributed by atoms with Gasteiger partial charge in [0.15, 0.2) is 10.4 Å². The zero-order valence-corrected chi connectivity index (χ0v) is 9.71. The van der Waals surface area contributed by atoms with Crippen LogP contribution in [0.4, 0.5) is 0 Å². The van der Waals surface area contributed by atoms with Gasteiger partial charge in [-0.1, -0.05) is 0 Å². The third-order valence-corrected chi connectivity index (χ3v) is 2.62. The molecule has 0 saturated carbocycles. The average Bonchev–Trinajstić information content (AvgIpc) is 2.50. The zero-order valence-electron chi connectivity index (χ0n) is 8.90. The van der Waals surface area contributed by atoms with Crippen molar-refractivity contribution in [3.8, 4) is 0 Å². The summed E-state index contributed by atoms with van der Waals surface area (Å²) in [5.74, 6) is 0. The lowest BCUT2D eigenvalue weighted by atomic mass is 10.4. The first-order valence-corrected chi connectivity index (χ1v) is 5.27. The summed E-state index contributed by atoms with van der Waals surface area (Å²) in [5, 5.41) is 0. The van der Waals surface area contributed by atoms with Crippen molar-refractivity contribution in [2.24, 2.45) is 0 Å². The molecule has 80 valence electrons. The van der Waals surface area contributed by atoms with Crippen molar-refractivity contribution in [2.75, 3.05) is 20.6 Å². The summed E-state index contributed by atoms with van der Waals surface area (Å²) in [5.41, 5.74) is 1.94. The number of pyridine rings is 1. The second kappa shape index (κ2) is 4.12. The molecule has 5 heteroatoms. The number of fused-ring (bicyclic) bond motifs is 1. The van der Waals surface area contributed by atoms with Gasteiger partial charge in [-0.3, -0.25) is 0 Å². The number of H-pyrrole nitrogens is 1. The first-order chi connectivity index (χ1) is 7.18. The number of rotatable bonds is 3. The minimum absolute atomic E-state index is 0.741. The van der Waals surface area contributed by atoms with Crippen LogP contribution in [0.1, 0.15) is 0 Å². The average molecular weight is 222 g/mol. The van der Waals surface area contributed by atoms with Gasteiger partial charge in [0.25, 0.3) is 0 Å². The third-order valence-electron chi connectivity index (χ3n) is 2.30. The van der Waals surface area contributed by atoms with E-state index in [0.29, 0.717) is 0 Å². The van der Waals surface area contributed by atoms with Crippen LogP contribution < -0.4 is 0 Å². The van der Waals surface area contributed by atoms with Crippen LogP contribution in [0, 0.1) is 4.77 Å². The highest BCUT2D eigenvalue weighted by atomic mass is 32.1. The van der Waals surface area contributed by atoms with Gasteiger partial charge in [0.05, 0.1) is 5.52 Å². The Morgan fingerprint density at radius 1 is 1.53 bits per heavy atom. The van der Waals surface area contributed by atoms with Gasteiger partial charge >= 0.3 is 0 Å². The van der Waals surface area contributed by atoms with Crippen molar-refractivity contribution < 1.29 is 0 Å². The number of nitrogens with zero attached hydrogens (tertiary/aromatic N) is 3. The smallest absolute Gasteiger partial charge is 0.179 e. The number of hydrogen-bond donors (Lipinski definition) is 1. The number of hydrogen-bond acceptors (Lipinski definition) is 3. The predicted molar refractivity (Wildman–Crippen MR) is 63.5 cm³/mol. The largest absolute Gasteiger partial charge is 0.329 e. The Kier molecular flexibility index (Phi) is 2.83. The van der Waals surface area contributed by atoms with E-state index in [2.05, 4.69) is 14.9 Å². The van der Waals surface area contributed by atoms with Crippen LogP contribution in [0.3, 0.4) is 0 Å². The van der Waals surface area contributed by atoms with Crippen LogP contribution in [-0.4, -0.2) is 40.1 Å². The van der Waals surface area contributed by atoms with Gasteiger partial charge in [-0.2, -0.15) is 0 Å². The van der Waals surface area contributed by atoms with E-state index in [1.807, 2.05) is 30.8 Å². The molecule has 2 aromatic heterocycles. The van der Waals surface area contributed by atoms with Gasteiger partial charge in [0.1, 0.15) is 0 Å². The molecule has 2 heterocycles. The molecule has 4 nitrogen and oxygen atoms in total. The number of aromatic amines is 1. The summed E-state index contributed by atoms with van der Waals surface area (Å²) in [6.45, 7) is 1.82. The van der Waals surface area contributed by atoms with Crippen molar-refractivity contribution in [2.45, 2.75) is 6.54 Å². The van der Waals surface area contributed by atoms with E-state index in [9.17, 15) is 0 Å². The molecule has 2 rings (SSSR count). The molecule has 2 aromatic rings. The van der Waals surface area contributed by atoms with E-state index in [0.717, 1.165) is 29.0 Å². The molecule has 0 amide bonds. The molecule has 0 spiro atoms. The Morgan fingerprint density at radius 3 is 3.07 bits per heavy atom. The molecule has 0 aliphatic rings. The molecule has 0 bridgehead atoms. The van der Waals surface area contributed by atoms with Crippen molar-refractivity contribution in [1.29, 1.82) is 0 Å². The van der Waals surface area contributed by atoms with E-state index in [1.54, 1.807) is 6.20 Å². The molecule has 0 aliphatic heterocycles. The number of nitrogens with one attached hydrogen (secondary N) is 1. The lowest BCUT2D eigenvalue weighted by Gasteiger charge is -2.09. The number of imidazole rings is 1. The SMILES string of the molecule is CN(C)CCn1c(=S)[nH]c2cccnc21. The lowest BCUT2D eigenvalue weighted by Crippen LogP contribution is -2.18. The monoisotopic (exact) mass is 222 g/mol. The summed E-state index contributed by atoms with van der Waals surface area (Å²) in [7, 11) is 4.10. The second-order valence-corrected chi connectivity index (χ2v) is 4.15. The summed E-state index contributed by atoms with van der Waals surface area (Å²) >= 11 is 5.25. The van der Waals surface area contributed by atoms with Crippen molar-refractivity contribution in [1.82, 2.24) is 19.4 Å². The molecule has 0 atom stereocenters. The molecule has 0 unspecified atom stereocenters. The Balaban J connectivity index is 2.41. The quantitative estimate of drug-likeness (QED) is 0.802. The molecule has 0 fully saturated rings. The van der Waals surface area contributed by atoms with Crippen LogP contribution in [0.5, 0.6) is 0 Å². The Hall–Kier alpha value is -1.20. The van der Waals surface area contributed by atoms with Crippen molar-refractivity contribution in [3.63, 3.8) is 0 Å².